The highest BCUT2D eigenvalue weighted by Crippen LogP contribution is 2.30. The van der Waals surface area contributed by atoms with E-state index in [1.807, 2.05) is 18.2 Å². The average Bonchev–Trinajstić information content (AvgIpc) is 2.71. The molecule has 0 aliphatic carbocycles. The second-order valence-electron chi connectivity index (χ2n) is 7.27. The molecule has 0 saturated heterocycles. The molecule has 0 aliphatic rings. The molecule has 0 radical (unpaired) electrons. The van der Waals surface area contributed by atoms with E-state index in [-0.39, 0.29) is 5.75 Å². The van der Waals surface area contributed by atoms with Crippen molar-refractivity contribution in [2.45, 2.75) is 45.4 Å². The summed E-state index contributed by atoms with van der Waals surface area (Å²) in [6.07, 6.45) is 1.16. The van der Waals surface area contributed by atoms with E-state index in [0.29, 0.717) is 11.1 Å². The van der Waals surface area contributed by atoms with Crippen LogP contribution in [0.5, 0.6) is 5.75 Å². The van der Waals surface area contributed by atoms with Crippen LogP contribution in [0.25, 0.3) is 22.3 Å². The third-order valence-electron chi connectivity index (χ3n) is 4.97. The molecular weight excluding hydrogens is 392 g/mol. The van der Waals surface area contributed by atoms with Crippen molar-refractivity contribution in [2.75, 3.05) is 0 Å². The van der Waals surface area contributed by atoms with Crippen molar-refractivity contribution < 1.29 is 22.3 Å². The number of benzene rings is 3. The first-order valence-electron chi connectivity index (χ1n) is 10.1. The standard InChI is InChI=1S/C25H24F4O/c1-2-3-4-5-6-18-7-9-19(10-8-18)21-13-16-23(24(26)17-21)20-11-14-22(15-12-20)30-25(27,28)29/h7-17H,2-6H2,1H3. The summed E-state index contributed by atoms with van der Waals surface area (Å²) in [5.74, 6) is -0.765. The molecular formula is C25H24F4O. The number of alkyl halides is 3. The van der Waals surface area contributed by atoms with E-state index in [1.54, 1.807) is 6.07 Å². The van der Waals surface area contributed by atoms with Crippen LogP contribution in [0.2, 0.25) is 0 Å². The van der Waals surface area contributed by atoms with E-state index in [4.69, 9.17) is 0 Å². The minimum atomic E-state index is -4.75. The third-order valence-corrected chi connectivity index (χ3v) is 4.97. The molecule has 158 valence electrons. The first-order valence-corrected chi connectivity index (χ1v) is 10.1. The summed E-state index contributed by atoms with van der Waals surface area (Å²) in [5, 5.41) is 0. The van der Waals surface area contributed by atoms with Gasteiger partial charge in [-0.15, -0.1) is 13.2 Å². The lowest BCUT2D eigenvalue weighted by Crippen LogP contribution is -2.16. The SMILES string of the molecule is CCCCCCc1ccc(-c2ccc(-c3ccc(OC(F)(F)F)cc3)c(F)c2)cc1. The van der Waals surface area contributed by atoms with Crippen LogP contribution < -0.4 is 4.74 Å². The zero-order valence-electron chi connectivity index (χ0n) is 16.8. The van der Waals surface area contributed by atoms with Crippen LogP contribution in [0.15, 0.2) is 66.7 Å². The van der Waals surface area contributed by atoms with E-state index in [9.17, 15) is 17.6 Å². The molecule has 3 rings (SSSR count). The van der Waals surface area contributed by atoms with Crippen molar-refractivity contribution in [2.24, 2.45) is 0 Å². The molecule has 0 bridgehead atoms. The maximum absolute atomic E-state index is 14.7. The molecule has 5 heteroatoms. The molecule has 0 saturated carbocycles. The number of ether oxygens (including phenoxy) is 1. The molecule has 30 heavy (non-hydrogen) atoms. The van der Waals surface area contributed by atoms with Crippen molar-refractivity contribution >= 4 is 0 Å². The van der Waals surface area contributed by atoms with Gasteiger partial charge in [-0.3, -0.25) is 0 Å². The third kappa shape index (κ3) is 6.09. The highest BCUT2D eigenvalue weighted by Gasteiger charge is 2.31. The second-order valence-corrected chi connectivity index (χ2v) is 7.27. The van der Waals surface area contributed by atoms with Crippen molar-refractivity contribution in [3.8, 4) is 28.0 Å². The Morgan fingerprint density at radius 1 is 0.733 bits per heavy atom. The number of aryl methyl sites for hydroxylation is 1. The van der Waals surface area contributed by atoms with Crippen molar-refractivity contribution in [3.63, 3.8) is 0 Å². The topological polar surface area (TPSA) is 9.23 Å². The Kier molecular flexibility index (Phi) is 7.14. The van der Waals surface area contributed by atoms with Crippen LogP contribution in [0.4, 0.5) is 17.6 Å². The van der Waals surface area contributed by atoms with Gasteiger partial charge in [0.1, 0.15) is 11.6 Å². The number of unbranched alkanes of at least 4 members (excludes halogenated alkanes) is 3. The van der Waals surface area contributed by atoms with E-state index >= 15 is 0 Å². The molecule has 0 amide bonds. The lowest BCUT2D eigenvalue weighted by molar-refractivity contribution is -0.274. The van der Waals surface area contributed by atoms with E-state index in [2.05, 4.69) is 23.8 Å². The Balaban J connectivity index is 1.70. The first kappa shape index (κ1) is 21.9. The minimum absolute atomic E-state index is 0.324. The number of rotatable bonds is 8. The van der Waals surface area contributed by atoms with Gasteiger partial charge < -0.3 is 4.74 Å². The molecule has 0 spiro atoms. The average molecular weight is 416 g/mol. The van der Waals surface area contributed by atoms with Gasteiger partial charge in [0.15, 0.2) is 0 Å². The fraction of sp³-hybridized carbons (Fsp3) is 0.280. The molecule has 3 aromatic carbocycles. The number of halogens is 4. The van der Waals surface area contributed by atoms with Gasteiger partial charge in [0.05, 0.1) is 0 Å². The van der Waals surface area contributed by atoms with Crippen LogP contribution in [0, 0.1) is 5.82 Å². The molecule has 0 atom stereocenters. The molecule has 0 unspecified atom stereocenters. The van der Waals surface area contributed by atoms with Crippen LogP contribution in [0.1, 0.15) is 38.2 Å². The largest absolute Gasteiger partial charge is 0.573 e. The summed E-state index contributed by atoms with van der Waals surface area (Å²) in [6, 6.07) is 18.2. The molecule has 3 aromatic rings. The number of hydrogen-bond acceptors (Lipinski definition) is 1. The Bertz CT molecular complexity index is 944. The Morgan fingerprint density at radius 3 is 1.97 bits per heavy atom. The van der Waals surface area contributed by atoms with Crippen LogP contribution in [0.3, 0.4) is 0 Å². The van der Waals surface area contributed by atoms with Crippen molar-refractivity contribution in [3.05, 3.63) is 78.1 Å². The van der Waals surface area contributed by atoms with E-state index in [0.717, 1.165) is 17.5 Å². The Morgan fingerprint density at radius 2 is 1.37 bits per heavy atom. The van der Waals surface area contributed by atoms with Crippen LogP contribution >= 0.6 is 0 Å². The van der Waals surface area contributed by atoms with Crippen molar-refractivity contribution in [1.29, 1.82) is 0 Å². The molecule has 1 nitrogen and oxygen atoms in total. The fourth-order valence-electron chi connectivity index (χ4n) is 3.38. The van der Waals surface area contributed by atoms with Gasteiger partial charge in [0.25, 0.3) is 0 Å². The second kappa shape index (κ2) is 9.79. The van der Waals surface area contributed by atoms with Gasteiger partial charge in [0, 0.05) is 5.56 Å². The minimum Gasteiger partial charge on any atom is -0.406 e. The molecule has 0 fully saturated rings. The summed E-state index contributed by atoms with van der Waals surface area (Å²) in [6.45, 7) is 2.19. The van der Waals surface area contributed by atoms with E-state index in [1.165, 1.54) is 61.6 Å². The monoisotopic (exact) mass is 416 g/mol. The summed E-state index contributed by atoms with van der Waals surface area (Å²) in [4.78, 5) is 0. The molecule has 0 N–H and O–H groups in total. The highest BCUT2D eigenvalue weighted by molar-refractivity contribution is 5.71. The lowest BCUT2D eigenvalue weighted by Gasteiger charge is -2.11. The van der Waals surface area contributed by atoms with Crippen LogP contribution in [-0.4, -0.2) is 6.36 Å². The van der Waals surface area contributed by atoms with Gasteiger partial charge in [-0.1, -0.05) is 74.7 Å². The summed E-state index contributed by atoms with van der Waals surface area (Å²) in [7, 11) is 0. The van der Waals surface area contributed by atoms with E-state index < -0.39 is 12.2 Å². The molecule has 0 aliphatic heterocycles. The number of hydrogen-bond donors (Lipinski definition) is 0. The quantitative estimate of drug-likeness (QED) is 0.266. The molecule has 0 aromatic heterocycles. The predicted molar refractivity (Wildman–Crippen MR) is 112 cm³/mol. The van der Waals surface area contributed by atoms with Gasteiger partial charge in [-0.05, 0) is 53.3 Å². The van der Waals surface area contributed by atoms with Gasteiger partial charge in [-0.25, -0.2) is 4.39 Å². The normalized spacial score (nSPS) is 11.5. The van der Waals surface area contributed by atoms with Gasteiger partial charge in [0.2, 0.25) is 0 Å². The highest BCUT2D eigenvalue weighted by atomic mass is 19.4. The van der Waals surface area contributed by atoms with Crippen molar-refractivity contribution in [1.82, 2.24) is 0 Å². The maximum Gasteiger partial charge on any atom is 0.573 e. The first-order chi connectivity index (χ1) is 14.4. The smallest absolute Gasteiger partial charge is 0.406 e. The summed E-state index contributed by atoms with van der Waals surface area (Å²) in [5.41, 5.74) is 3.76. The Hall–Kier alpha value is -2.82. The maximum atomic E-state index is 14.7. The molecule has 0 heterocycles. The lowest BCUT2D eigenvalue weighted by atomic mass is 9.98. The summed E-state index contributed by atoms with van der Waals surface area (Å²) < 4.78 is 55.4. The zero-order valence-corrected chi connectivity index (χ0v) is 16.8. The van der Waals surface area contributed by atoms with Crippen LogP contribution in [-0.2, 0) is 6.42 Å². The van der Waals surface area contributed by atoms with Gasteiger partial charge >= 0.3 is 6.36 Å². The summed E-state index contributed by atoms with van der Waals surface area (Å²) >= 11 is 0. The van der Waals surface area contributed by atoms with Gasteiger partial charge in [-0.2, -0.15) is 0 Å². The predicted octanol–water partition coefficient (Wildman–Crippen LogP) is 8.18. The fourth-order valence-corrected chi connectivity index (χ4v) is 3.38. The Labute approximate surface area is 174 Å². The zero-order chi connectivity index (χ0) is 21.6.